The van der Waals surface area contributed by atoms with E-state index in [0.717, 1.165) is 6.07 Å². The smallest absolute Gasteiger partial charge is 0.171 e. The highest BCUT2D eigenvalue weighted by molar-refractivity contribution is 6.00. The third-order valence-electron chi connectivity index (χ3n) is 3.42. The summed E-state index contributed by atoms with van der Waals surface area (Å²) in [5.41, 5.74) is 0.724. The van der Waals surface area contributed by atoms with Crippen LogP contribution in [0.15, 0.2) is 30.3 Å². The fourth-order valence-corrected chi connectivity index (χ4v) is 2.25. The minimum Gasteiger partial charge on any atom is -0.508 e. The molecule has 0 aliphatic rings. The van der Waals surface area contributed by atoms with Gasteiger partial charge in [-0.15, -0.1) is 0 Å². The molecule has 0 spiro atoms. The lowest BCUT2D eigenvalue weighted by molar-refractivity contribution is 0.0989. The number of hydrogen-bond acceptors (Lipinski definition) is 6. The normalized spacial score (nSPS) is 10.2. The monoisotopic (exact) mass is 318 g/mol. The summed E-state index contributed by atoms with van der Waals surface area (Å²) in [7, 11) is 4.51. The van der Waals surface area contributed by atoms with Crippen molar-refractivity contribution < 1.29 is 29.2 Å². The van der Waals surface area contributed by atoms with Crippen molar-refractivity contribution in [2.45, 2.75) is 6.42 Å². The predicted molar refractivity (Wildman–Crippen MR) is 83.9 cm³/mol. The van der Waals surface area contributed by atoms with Crippen molar-refractivity contribution in [3.63, 3.8) is 0 Å². The van der Waals surface area contributed by atoms with Gasteiger partial charge in [0.2, 0.25) is 0 Å². The average Bonchev–Trinajstić information content (AvgIpc) is 2.54. The molecule has 0 atom stereocenters. The van der Waals surface area contributed by atoms with Gasteiger partial charge in [0.1, 0.15) is 17.2 Å². The minimum atomic E-state index is -0.312. The van der Waals surface area contributed by atoms with Crippen LogP contribution in [0, 0.1) is 0 Å². The van der Waals surface area contributed by atoms with Gasteiger partial charge in [0.15, 0.2) is 17.3 Å². The van der Waals surface area contributed by atoms with Crippen LogP contribution in [0.3, 0.4) is 0 Å². The standard InChI is InChI=1S/C17H18O6/c1-21-15-9-17(23-3)16(22-2)7-10(15)6-13(19)12-5-4-11(18)8-14(12)20/h4-5,7-9,18,20H,6H2,1-3H3. The zero-order valence-electron chi connectivity index (χ0n) is 13.1. The van der Waals surface area contributed by atoms with Gasteiger partial charge in [0, 0.05) is 24.1 Å². The maximum Gasteiger partial charge on any atom is 0.171 e. The molecule has 0 fully saturated rings. The second kappa shape index (κ2) is 6.91. The number of rotatable bonds is 6. The number of aromatic hydroxyl groups is 2. The van der Waals surface area contributed by atoms with Crippen LogP contribution >= 0.6 is 0 Å². The zero-order valence-corrected chi connectivity index (χ0v) is 13.1. The van der Waals surface area contributed by atoms with Gasteiger partial charge in [0.25, 0.3) is 0 Å². The highest BCUT2D eigenvalue weighted by atomic mass is 16.5. The summed E-state index contributed by atoms with van der Waals surface area (Å²) in [6.07, 6.45) is 0.00185. The van der Waals surface area contributed by atoms with E-state index in [1.165, 1.54) is 33.5 Å². The van der Waals surface area contributed by atoms with Gasteiger partial charge in [0.05, 0.1) is 26.9 Å². The minimum absolute atomic E-state index is 0.00185. The molecule has 23 heavy (non-hydrogen) atoms. The second-order valence-electron chi connectivity index (χ2n) is 4.82. The molecule has 0 unspecified atom stereocenters. The fourth-order valence-electron chi connectivity index (χ4n) is 2.25. The van der Waals surface area contributed by atoms with E-state index in [1.54, 1.807) is 12.1 Å². The van der Waals surface area contributed by atoms with Gasteiger partial charge < -0.3 is 24.4 Å². The van der Waals surface area contributed by atoms with Crippen LogP contribution in [0.25, 0.3) is 0 Å². The first-order valence-electron chi connectivity index (χ1n) is 6.84. The van der Waals surface area contributed by atoms with Crippen molar-refractivity contribution in [3.05, 3.63) is 41.5 Å². The van der Waals surface area contributed by atoms with Crippen LogP contribution in [0.5, 0.6) is 28.7 Å². The highest BCUT2D eigenvalue weighted by Gasteiger charge is 2.18. The summed E-state index contributed by atoms with van der Waals surface area (Å²) < 4.78 is 15.7. The first-order valence-corrected chi connectivity index (χ1v) is 6.84. The number of benzene rings is 2. The Hall–Kier alpha value is -2.89. The summed E-state index contributed by atoms with van der Waals surface area (Å²) >= 11 is 0. The van der Waals surface area contributed by atoms with E-state index < -0.39 is 0 Å². The van der Waals surface area contributed by atoms with Gasteiger partial charge in [-0.25, -0.2) is 0 Å². The number of phenols is 2. The molecule has 0 radical (unpaired) electrons. The Kier molecular flexibility index (Phi) is 4.95. The molecule has 0 saturated carbocycles. The molecule has 2 aromatic rings. The number of hydrogen-bond donors (Lipinski definition) is 2. The quantitative estimate of drug-likeness (QED) is 0.796. The maximum absolute atomic E-state index is 12.4. The van der Waals surface area contributed by atoms with Crippen LogP contribution in [0.1, 0.15) is 15.9 Å². The van der Waals surface area contributed by atoms with E-state index in [1.807, 2.05) is 0 Å². The van der Waals surface area contributed by atoms with Gasteiger partial charge in [-0.3, -0.25) is 4.79 Å². The third kappa shape index (κ3) is 3.48. The Morgan fingerprint density at radius 3 is 2.09 bits per heavy atom. The van der Waals surface area contributed by atoms with Crippen molar-refractivity contribution in [2.24, 2.45) is 0 Å². The molecule has 122 valence electrons. The van der Waals surface area contributed by atoms with E-state index in [-0.39, 0.29) is 29.3 Å². The number of Topliss-reactive ketones (excluding diaryl/α,β-unsaturated/α-hetero) is 1. The largest absolute Gasteiger partial charge is 0.508 e. The first kappa shape index (κ1) is 16.5. The molecule has 6 nitrogen and oxygen atoms in total. The van der Waals surface area contributed by atoms with Crippen LogP contribution < -0.4 is 14.2 Å². The van der Waals surface area contributed by atoms with Crippen molar-refractivity contribution in [3.8, 4) is 28.7 Å². The van der Waals surface area contributed by atoms with E-state index >= 15 is 0 Å². The molecule has 0 aliphatic heterocycles. The van der Waals surface area contributed by atoms with Crippen molar-refractivity contribution in [2.75, 3.05) is 21.3 Å². The molecule has 0 heterocycles. The van der Waals surface area contributed by atoms with Gasteiger partial charge >= 0.3 is 0 Å². The van der Waals surface area contributed by atoms with E-state index in [4.69, 9.17) is 14.2 Å². The van der Waals surface area contributed by atoms with Crippen molar-refractivity contribution in [1.82, 2.24) is 0 Å². The molecule has 0 amide bonds. The van der Waals surface area contributed by atoms with Gasteiger partial charge in [-0.05, 0) is 18.2 Å². The maximum atomic E-state index is 12.4. The molecule has 2 aromatic carbocycles. The van der Waals surface area contributed by atoms with E-state index in [9.17, 15) is 15.0 Å². The van der Waals surface area contributed by atoms with Crippen LogP contribution in [0.4, 0.5) is 0 Å². The first-order chi connectivity index (χ1) is 11.0. The lowest BCUT2D eigenvalue weighted by Crippen LogP contribution is -2.06. The molecular weight excluding hydrogens is 300 g/mol. The number of ketones is 1. The molecule has 2 N–H and O–H groups in total. The Bertz CT molecular complexity index is 723. The molecular formula is C17H18O6. The predicted octanol–water partition coefficient (Wildman–Crippen LogP) is 2.55. The molecule has 0 bridgehead atoms. The Morgan fingerprint density at radius 1 is 0.913 bits per heavy atom. The molecule has 0 saturated heterocycles. The van der Waals surface area contributed by atoms with E-state index in [2.05, 4.69) is 0 Å². The SMILES string of the molecule is COc1cc(OC)c(OC)cc1CC(=O)c1ccc(O)cc1O. The topological polar surface area (TPSA) is 85.2 Å². The van der Waals surface area contributed by atoms with Gasteiger partial charge in [-0.2, -0.15) is 0 Å². The lowest BCUT2D eigenvalue weighted by atomic mass is 10.0. The summed E-state index contributed by atoms with van der Waals surface area (Å²) in [5.74, 6) is 0.763. The van der Waals surface area contributed by atoms with Crippen LogP contribution in [-0.4, -0.2) is 37.3 Å². The third-order valence-corrected chi connectivity index (χ3v) is 3.42. The fraction of sp³-hybridized carbons (Fsp3) is 0.235. The van der Waals surface area contributed by atoms with Crippen LogP contribution in [-0.2, 0) is 6.42 Å². The number of carbonyl (C=O) groups is 1. The molecule has 6 heteroatoms. The Balaban J connectivity index is 2.36. The lowest BCUT2D eigenvalue weighted by Gasteiger charge is -2.14. The average molecular weight is 318 g/mol. The summed E-state index contributed by atoms with van der Waals surface area (Å²) in [6.45, 7) is 0. The Labute approximate surface area is 133 Å². The second-order valence-corrected chi connectivity index (χ2v) is 4.82. The number of ether oxygens (including phenoxy) is 3. The summed E-state index contributed by atoms with van der Waals surface area (Å²) in [4.78, 5) is 12.4. The summed E-state index contributed by atoms with van der Waals surface area (Å²) in [6, 6.07) is 7.14. The zero-order chi connectivity index (χ0) is 17.0. The Morgan fingerprint density at radius 2 is 1.52 bits per heavy atom. The van der Waals surface area contributed by atoms with Crippen LogP contribution in [0.2, 0.25) is 0 Å². The van der Waals surface area contributed by atoms with Crippen molar-refractivity contribution in [1.29, 1.82) is 0 Å². The summed E-state index contributed by atoms with van der Waals surface area (Å²) in [5, 5.41) is 19.1. The number of phenolic OH excluding ortho intramolecular Hbond substituents is 2. The number of methoxy groups -OCH3 is 3. The molecule has 0 aliphatic carbocycles. The number of carbonyl (C=O) groups excluding carboxylic acids is 1. The van der Waals surface area contributed by atoms with Gasteiger partial charge in [-0.1, -0.05) is 0 Å². The highest BCUT2D eigenvalue weighted by Crippen LogP contribution is 2.35. The van der Waals surface area contributed by atoms with E-state index in [0.29, 0.717) is 22.8 Å². The molecule has 2 rings (SSSR count). The van der Waals surface area contributed by atoms with Crippen molar-refractivity contribution >= 4 is 5.78 Å². The molecule has 0 aromatic heterocycles.